The maximum Gasteiger partial charge on any atom is 0.338 e. The van der Waals surface area contributed by atoms with E-state index in [2.05, 4.69) is 9.97 Å². The maximum atomic E-state index is 12.1. The van der Waals surface area contributed by atoms with Gasteiger partial charge in [0.2, 0.25) is 0 Å². The fourth-order valence-corrected chi connectivity index (χ4v) is 3.03. The Kier molecular flexibility index (Phi) is 3.77. The molecular weight excluding hydrogens is 300 g/mol. The van der Waals surface area contributed by atoms with E-state index in [4.69, 9.17) is 4.74 Å². The van der Waals surface area contributed by atoms with Crippen molar-refractivity contribution in [1.82, 2.24) is 9.97 Å². The number of hydrogen-bond donors (Lipinski definition) is 1. The zero-order valence-electron chi connectivity index (χ0n) is 12.2. The van der Waals surface area contributed by atoms with Gasteiger partial charge in [0.1, 0.15) is 17.1 Å². The van der Waals surface area contributed by atoms with E-state index < -0.39 is 5.97 Å². The molecule has 3 rings (SSSR count). The van der Waals surface area contributed by atoms with Crippen molar-refractivity contribution in [1.29, 1.82) is 0 Å². The smallest absolute Gasteiger partial charge is 0.338 e. The molecule has 0 aliphatic rings. The minimum Gasteiger partial charge on any atom is -0.454 e. The lowest BCUT2D eigenvalue weighted by Crippen LogP contribution is -2.13. The second-order valence-corrected chi connectivity index (χ2v) is 6.02. The van der Waals surface area contributed by atoms with Crippen LogP contribution in [0.4, 0.5) is 0 Å². The average Bonchev–Trinajstić information content (AvgIpc) is 2.92. The Bertz CT molecular complexity index is 891. The maximum absolute atomic E-state index is 12.1. The molecule has 2 aromatic heterocycles. The molecule has 22 heavy (non-hydrogen) atoms. The van der Waals surface area contributed by atoms with Gasteiger partial charge >= 0.3 is 5.97 Å². The topological polar surface area (TPSA) is 72.0 Å². The number of nitrogens with zero attached hydrogens (tertiary/aromatic N) is 1. The number of carbonyl (C=O) groups excluding carboxylic acids is 1. The van der Waals surface area contributed by atoms with E-state index in [-0.39, 0.29) is 12.2 Å². The molecule has 6 heteroatoms. The number of H-pyrrole nitrogens is 1. The fraction of sp³-hybridized carbons (Fsp3) is 0.188. The molecule has 0 aliphatic heterocycles. The summed E-state index contributed by atoms with van der Waals surface area (Å²) >= 11 is 1.33. The Morgan fingerprint density at radius 1 is 1.27 bits per heavy atom. The van der Waals surface area contributed by atoms with Crippen molar-refractivity contribution in [3.05, 3.63) is 62.5 Å². The molecule has 0 fully saturated rings. The lowest BCUT2D eigenvalue weighted by atomic mass is 10.1. The first-order valence-corrected chi connectivity index (χ1v) is 7.63. The molecule has 0 saturated heterocycles. The number of aromatic nitrogens is 2. The third kappa shape index (κ3) is 2.92. The first-order chi connectivity index (χ1) is 10.5. The highest BCUT2D eigenvalue weighted by Gasteiger charge is 2.11. The van der Waals surface area contributed by atoms with Crippen molar-refractivity contribution < 1.29 is 9.53 Å². The molecule has 5 nitrogen and oxygen atoms in total. The van der Waals surface area contributed by atoms with Crippen LogP contribution in [0.5, 0.6) is 0 Å². The number of carbonyl (C=O) groups is 1. The quantitative estimate of drug-likeness (QED) is 0.754. The summed E-state index contributed by atoms with van der Waals surface area (Å²) < 4.78 is 5.81. The minimum atomic E-state index is -0.431. The molecule has 0 amide bonds. The highest BCUT2D eigenvalue weighted by atomic mass is 32.1. The number of hydrogen-bond acceptors (Lipinski definition) is 5. The Morgan fingerprint density at radius 3 is 2.73 bits per heavy atom. The first kappa shape index (κ1) is 14.5. The molecule has 1 N–H and O–H groups in total. The van der Waals surface area contributed by atoms with Gasteiger partial charge in [-0.3, -0.25) is 4.79 Å². The van der Waals surface area contributed by atoms with Gasteiger partial charge in [-0.1, -0.05) is 17.2 Å². The summed E-state index contributed by atoms with van der Waals surface area (Å²) in [6.07, 6.45) is 0. The van der Waals surface area contributed by atoms with Crippen LogP contribution in [0.3, 0.4) is 0 Å². The fourth-order valence-electron chi connectivity index (χ4n) is 2.30. The van der Waals surface area contributed by atoms with Crippen molar-refractivity contribution in [3.63, 3.8) is 0 Å². The van der Waals surface area contributed by atoms with Gasteiger partial charge in [0, 0.05) is 0 Å². The van der Waals surface area contributed by atoms with Crippen LogP contribution in [0.15, 0.2) is 34.4 Å². The van der Waals surface area contributed by atoms with Gasteiger partial charge in [-0.05, 0) is 37.4 Å². The molecule has 0 spiro atoms. The number of aromatic amines is 1. The Balaban J connectivity index is 1.78. The van der Waals surface area contributed by atoms with Gasteiger partial charge < -0.3 is 9.72 Å². The lowest BCUT2D eigenvalue weighted by Gasteiger charge is -2.06. The van der Waals surface area contributed by atoms with Crippen LogP contribution < -0.4 is 5.56 Å². The summed E-state index contributed by atoms with van der Waals surface area (Å²) in [5, 5.41) is 1.80. The van der Waals surface area contributed by atoms with Crippen LogP contribution in [0.2, 0.25) is 0 Å². The van der Waals surface area contributed by atoms with Gasteiger partial charge in [0.15, 0.2) is 0 Å². The van der Waals surface area contributed by atoms with Gasteiger partial charge in [0.05, 0.1) is 11.1 Å². The lowest BCUT2D eigenvalue weighted by molar-refractivity contribution is 0.0462. The highest BCUT2D eigenvalue weighted by molar-refractivity contribution is 7.17. The zero-order valence-corrected chi connectivity index (χ0v) is 13.0. The van der Waals surface area contributed by atoms with Crippen molar-refractivity contribution in [2.24, 2.45) is 0 Å². The summed E-state index contributed by atoms with van der Waals surface area (Å²) in [6.45, 7) is 3.79. The van der Waals surface area contributed by atoms with E-state index in [1.165, 1.54) is 11.3 Å². The van der Waals surface area contributed by atoms with Crippen LogP contribution in [-0.4, -0.2) is 15.9 Å². The van der Waals surface area contributed by atoms with E-state index in [9.17, 15) is 9.59 Å². The summed E-state index contributed by atoms with van der Waals surface area (Å²) in [6, 6.07) is 7.30. The Hall–Kier alpha value is -2.47. The molecular formula is C16H14N2O3S. The van der Waals surface area contributed by atoms with Crippen LogP contribution in [0.1, 0.15) is 27.3 Å². The number of benzene rings is 1. The number of nitrogens with one attached hydrogen (secondary N) is 1. The van der Waals surface area contributed by atoms with Gasteiger partial charge in [-0.15, -0.1) is 11.3 Å². The van der Waals surface area contributed by atoms with E-state index in [0.717, 1.165) is 11.1 Å². The Morgan fingerprint density at radius 2 is 2.00 bits per heavy atom. The van der Waals surface area contributed by atoms with E-state index in [1.54, 1.807) is 23.6 Å². The Labute approximate surface area is 130 Å². The monoisotopic (exact) mass is 314 g/mol. The first-order valence-electron chi connectivity index (χ1n) is 6.75. The number of esters is 1. The summed E-state index contributed by atoms with van der Waals surface area (Å²) in [7, 11) is 0. The number of aryl methyl sites for hydroxylation is 2. The normalized spacial score (nSPS) is 10.8. The molecule has 0 saturated carbocycles. The molecule has 0 aliphatic carbocycles. The van der Waals surface area contributed by atoms with Crippen molar-refractivity contribution in [2.45, 2.75) is 20.5 Å². The summed E-state index contributed by atoms with van der Waals surface area (Å²) in [4.78, 5) is 30.8. The molecule has 2 heterocycles. The second-order valence-electron chi connectivity index (χ2n) is 5.10. The number of rotatable bonds is 3. The molecule has 112 valence electrons. The van der Waals surface area contributed by atoms with Crippen LogP contribution in [0.25, 0.3) is 10.2 Å². The second kappa shape index (κ2) is 5.73. The number of thiophene rings is 1. The number of fused-ring (bicyclic) bond motifs is 1. The standard InChI is InChI=1S/C16H14N2O3S/c1-9-5-10(2)7-11(6-9)16(20)21-8-13-17-12-3-4-22-14(12)15(19)18-13/h3-7H,8H2,1-2H3,(H,17,18,19). The predicted octanol–water partition coefficient (Wildman–Crippen LogP) is 2.96. The average molecular weight is 314 g/mol. The minimum absolute atomic E-state index is 0.0626. The van der Waals surface area contributed by atoms with Gasteiger partial charge in [-0.2, -0.15) is 0 Å². The van der Waals surface area contributed by atoms with E-state index in [1.807, 2.05) is 19.9 Å². The SMILES string of the molecule is Cc1cc(C)cc(C(=O)OCc2nc3ccsc3c(=O)[nH]2)c1. The van der Waals surface area contributed by atoms with Gasteiger partial charge in [-0.25, -0.2) is 9.78 Å². The summed E-state index contributed by atoms with van der Waals surface area (Å²) in [5.74, 6) is -0.0894. The molecule has 0 unspecified atom stereocenters. The molecule has 0 atom stereocenters. The van der Waals surface area contributed by atoms with Gasteiger partial charge in [0.25, 0.3) is 5.56 Å². The summed E-state index contributed by atoms with van der Waals surface area (Å²) in [5.41, 5.74) is 2.90. The van der Waals surface area contributed by atoms with Crippen LogP contribution in [0, 0.1) is 13.8 Å². The third-order valence-electron chi connectivity index (χ3n) is 3.16. The van der Waals surface area contributed by atoms with E-state index >= 15 is 0 Å². The molecule has 0 bridgehead atoms. The largest absolute Gasteiger partial charge is 0.454 e. The van der Waals surface area contributed by atoms with Crippen molar-refractivity contribution in [2.75, 3.05) is 0 Å². The van der Waals surface area contributed by atoms with Crippen LogP contribution in [-0.2, 0) is 11.3 Å². The third-order valence-corrected chi connectivity index (χ3v) is 4.06. The van der Waals surface area contributed by atoms with Crippen LogP contribution >= 0.6 is 11.3 Å². The molecule has 3 aromatic rings. The number of ether oxygens (including phenoxy) is 1. The molecule has 0 radical (unpaired) electrons. The highest BCUT2D eigenvalue weighted by Crippen LogP contribution is 2.14. The van der Waals surface area contributed by atoms with Crippen molar-refractivity contribution in [3.8, 4) is 0 Å². The van der Waals surface area contributed by atoms with E-state index in [0.29, 0.717) is 21.6 Å². The molecule has 1 aromatic carbocycles. The van der Waals surface area contributed by atoms with Crippen molar-refractivity contribution >= 4 is 27.5 Å². The predicted molar refractivity (Wildman–Crippen MR) is 85.3 cm³/mol. The zero-order chi connectivity index (χ0) is 15.7.